The van der Waals surface area contributed by atoms with Crippen LogP contribution >= 0.6 is 0 Å². The Kier molecular flexibility index (Phi) is 3.91. The molecule has 0 spiro atoms. The third-order valence-electron chi connectivity index (χ3n) is 3.25. The van der Waals surface area contributed by atoms with Gasteiger partial charge in [-0.3, -0.25) is 9.00 Å². The normalized spacial score (nSPS) is 12.3. The SMILES string of the molecule is Cc1cc(C)n2nc(C(=O)Nc3cccc(S(C)=O)c3)nc2n1. The Labute approximate surface area is 135 Å². The first-order chi connectivity index (χ1) is 10.9. The lowest BCUT2D eigenvalue weighted by Gasteiger charge is -2.04. The van der Waals surface area contributed by atoms with Crippen molar-refractivity contribution < 1.29 is 9.00 Å². The van der Waals surface area contributed by atoms with Crippen molar-refractivity contribution in [3.63, 3.8) is 0 Å². The average Bonchev–Trinajstić information content (AvgIpc) is 2.92. The van der Waals surface area contributed by atoms with E-state index in [-0.39, 0.29) is 5.82 Å². The summed E-state index contributed by atoms with van der Waals surface area (Å²) in [4.78, 5) is 21.4. The number of aromatic nitrogens is 4. The van der Waals surface area contributed by atoms with Gasteiger partial charge in [0.1, 0.15) is 0 Å². The zero-order chi connectivity index (χ0) is 16.6. The van der Waals surface area contributed by atoms with Crippen molar-refractivity contribution in [2.45, 2.75) is 18.7 Å². The lowest BCUT2D eigenvalue weighted by atomic mass is 10.3. The van der Waals surface area contributed by atoms with E-state index < -0.39 is 16.7 Å². The van der Waals surface area contributed by atoms with Gasteiger partial charge in [0.2, 0.25) is 5.82 Å². The third kappa shape index (κ3) is 3.11. The Balaban J connectivity index is 1.90. The fourth-order valence-electron chi connectivity index (χ4n) is 2.20. The van der Waals surface area contributed by atoms with Gasteiger partial charge in [-0.25, -0.2) is 9.50 Å². The van der Waals surface area contributed by atoms with E-state index in [1.54, 1.807) is 30.5 Å². The predicted octanol–water partition coefficient (Wildman–Crippen LogP) is 1.73. The monoisotopic (exact) mass is 329 g/mol. The van der Waals surface area contributed by atoms with E-state index in [1.807, 2.05) is 19.9 Å². The molecule has 3 aromatic rings. The molecule has 23 heavy (non-hydrogen) atoms. The van der Waals surface area contributed by atoms with Crippen LogP contribution in [0, 0.1) is 13.8 Å². The van der Waals surface area contributed by atoms with Crippen LogP contribution in [0.3, 0.4) is 0 Å². The van der Waals surface area contributed by atoms with Crippen LogP contribution in [0.5, 0.6) is 0 Å². The number of rotatable bonds is 3. The van der Waals surface area contributed by atoms with Crippen LogP contribution in [-0.2, 0) is 10.8 Å². The summed E-state index contributed by atoms with van der Waals surface area (Å²) in [5, 5.41) is 6.89. The largest absolute Gasteiger partial charge is 0.319 e. The van der Waals surface area contributed by atoms with Gasteiger partial charge in [-0.2, -0.15) is 4.98 Å². The molecule has 7 nitrogen and oxygen atoms in total. The first-order valence-corrected chi connectivity index (χ1v) is 8.46. The van der Waals surface area contributed by atoms with Crippen LogP contribution in [0.4, 0.5) is 5.69 Å². The quantitative estimate of drug-likeness (QED) is 0.790. The van der Waals surface area contributed by atoms with Gasteiger partial charge in [-0.15, -0.1) is 5.10 Å². The van der Waals surface area contributed by atoms with Crippen molar-refractivity contribution in [1.29, 1.82) is 0 Å². The molecule has 0 saturated carbocycles. The summed E-state index contributed by atoms with van der Waals surface area (Å²) >= 11 is 0. The second-order valence-corrected chi connectivity index (χ2v) is 6.50. The van der Waals surface area contributed by atoms with E-state index in [2.05, 4.69) is 20.4 Å². The molecule has 3 rings (SSSR count). The molecule has 0 aliphatic carbocycles. The molecule has 0 aliphatic heterocycles. The maximum atomic E-state index is 12.3. The van der Waals surface area contributed by atoms with Gasteiger partial charge in [0, 0.05) is 39.0 Å². The second kappa shape index (κ2) is 5.88. The van der Waals surface area contributed by atoms with Crippen LogP contribution in [0.2, 0.25) is 0 Å². The fraction of sp³-hybridized carbons (Fsp3) is 0.200. The van der Waals surface area contributed by atoms with E-state index in [4.69, 9.17) is 0 Å². The summed E-state index contributed by atoms with van der Waals surface area (Å²) in [5.41, 5.74) is 2.21. The molecule has 8 heteroatoms. The predicted molar refractivity (Wildman–Crippen MR) is 87.0 cm³/mol. The minimum absolute atomic E-state index is 0.0363. The summed E-state index contributed by atoms with van der Waals surface area (Å²) < 4.78 is 13.0. The molecule has 118 valence electrons. The van der Waals surface area contributed by atoms with Crippen molar-refractivity contribution in [3.8, 4) is 0 Å². The van der Waals surface area contributed by atoms with Crippen LogP contribution in [0.15, 0.2) is 35.2 Å². The van der Waals surface area contributed by atoms with Gasteiger partial charge in [-0.05, 0) is 38.1 Å². The summed E-state index contributed by atoms with van der Waals surface area (Å²) in [6.45, 7) is 3.73. The van der Waals surface area contributed by atoms with Crippen molar-refractivity contribution in [2.24, 2.45) is 0 Å². The van der Waals surface area contributed by atoms with Crippen molar-refractivity contribution in [2.75, 3.05) is 11.6 Å². The molecule has 0 fully saturated rings. The highest BCUT2D eigenvalue weighted by Crippen LogP contribution is 2.14. The molecule has 1 amide bonds. The number of carbonyl (C=O) groups is 1. The minimum atomic E-state index is -1.11. The van der Waals surface area contributed by atoms with Crippen molar-refractivity contribution >= 4 is 28.2 Å². The first kappa shape index (κ1) is 15.3. The number of aryl methyl sites for hydroxylation is 2. The average molecular weight is 329 g/mol. The molecule has 2 aromatic heterocycles. The molecule has 1 aromatic carbocycles. The molecule has 0 radical (unpaired) electrons. The zero-order valence-corrected chi connectivity index (χ0v) is 13.7. The number of hydrogen-bond donors (Lipinski definition) is 1. The van der Waals surface area contributed by atoms with E-state index in [0.717, 1.165) is 11.4 Å². The Morgan fingerprint density at radius 3 is 2.74 bits per heavy atom. The van der Waals surface area contributed by atoms with E-state index in [1.165, 1.54) is 4.52 Å². The van der Waals surface area contributed by atoms with E-state index in [0.29, 0.717) is 16.4 Å². The number of hydrogen-bond acceptors (Lipinski definition) is 5. The topological polar surface area (TPSA) is 89.3 Å². The van der Waals surface area contributed by atoms with Gasteiger partial charge in [-0.1, -0.05) is 6.07 Å². The second-order valence-electron chi connectivity index (χ2n) is 5.12. The maximum absolute atomic E-state index is 12.3. The molecule has 1 unspecified atom stereocenters. The summed E-state index contributed by atoms with van der Waals surface area (Å²) in [5.74, 6) is -0.0168. The molecule has 0 aliphatic rings. The van der Waals surface area contributed by atoms with Gasteiger partial charge in [0.05, 0.1) is 0 Å². The van der Waals surface area contributed by atoms with Gasteiger partial charge in [0.25, 0.3) is 11.7 Å². The molecule has 0 bridgehead atoms. The van der Waals surface area contributed by atoms with Crippen LogP contribution in [0.1, 0.15) is 22.0 Å². The summed E-state index contributed by atoms with van der Waals surface area (Å²) in [6.07, 6.45) is 1.58. The molecule has 1 N–H and O–H groups in total. The van der Waals surface area contributed by atoms with E-state index >= 15 is 0 Å². The highest BCUT2D eigenvalue weighted by atomic mass is 32.2. The Morgan fingerprint density at radius 2 is 2.00 bits per heavy atom. The third-order valence-corrected chi connectivity index (χ3v) is 4.16. The van der Waals surface area contributed by atoms with Crippen LogP contribution in [0.25, 0.3) is 5.78 Å². The van der Waals surface area contributed by atoms with E-state index in [9.17, 15) is 9.00 Å². The summed E-state index contributed by atoms with van der Waals surface area (Å²) in [7, 11) is -1.11. The highest BCUT2D eigenvalue weighted by Gasteiger charge is 2.15. The molecule has 2 heterocycles. The van der Waals surface area contributed by atoms with Crippen LogP contribution in [-0.4, -0.2) is 36.0 Å². The zero-order valence-electron chi connectivity index (χ0n) is 12.9. The Hall–Kier alpha value is -2.61. The number of fused-ring (bicyclic) bond motifs is 1. The maximum Gasteiger partial charge on any atom is 0.295 e. The smallest absolute Gasteiger partial charge is 0.295 e. The van der Waals surface area contributed by atoms with Crippen molar-refractivity contribution in [1.82, 2.24) is 19.6 Å². The Bertz CT molecular complexity index is 935. The number of anilines is 1. The standard InChI is InChI=1S/C15H15N5O2S/c1-9-7-10(2)20-15(16-9)18-13(19-20)14(21)17-11-5-4-6-12(8-11)23(3)22/h4-8H,1-3H3,(H,17,21). The lowest BCUT2D eigenvalue weighted by Crippen LogP contribution is -2.14. The summed E-state index contributed by atoms with van der Waals surface area (Å²) in [6, 6.07) is 8.72. The van der Waals surface area contributed by atoms with Gasteiger partial charge < -0.3 is 5.32 Å². The molecule has 1 atom stereocenters. The number of carbonyl (C=O) groups excluding carboxylic acids is 1. The number of nitrogens with zero attached hydrogens (tertiary/aromatic N) is 4. The van der Waals surface area contributed by atoms with Gasteiger partial charge >= 0.3 is 0 Å². The number of benzene rings is 1. The lowest BCUT2D eigenvalue weighted by molar-refractivity contribution is 0.101. The van der Waals surface area contributed by atoms with Gasteiger partial charge in [0.15, 0.2) is 0 Å². The fourth-order valence-corrected chi connectivity index (χ4v) is 2.77. The first-order valence-electron chi connectivity index (χ1n) is 6.90. The van der Waals surface area contributed by atoms with Crippen LogP contribution < -0.4 is 5.32 Å². The molecular weight excluding hydrogens is 314 g/mol. The molecular formula is C15H15N5O2S. The minimum Gasteiger partial charge on any atom is -0.319 e. The highest BCUT2D eigenvalue weighted by molar-refractivity contribution is 7.84. The number of nitrogens with one attached hydrogen (secondary N) is 1. The molecule has 0 saturated heterocycles. The number of amides is 1. The Morgan fingerprint density at radius 1 is 1.22 bits per heavy atom. The van der Waals surface area contributed by atoms with Crippen molar-refractivity contribution in [3.05, 3.63) is 47.5 Å².